The smallest absolute Gasteiger partial charge is 0.298 e. The molecule has 14 nitrogen and oxygen atoms in total. The number of ether oxygens (including phenoxy) is 5. The van der Waals surface area contributed by atoms with E-state index in [1.807, 2.05) is 6.92 Å². The van der Waals surface area contributed by atoms with Crippen LogP contribution in [0.5, 0.6) is 5.75 Å². The Labute approximate surface area is 289 Å². The lowest BCUT2D eigenvalue weighted by Crippen LogP contribution is -2.50. The van der Waals surface area contributed by atoms with E-state index in [0.717, 1.165) is 32.8 Å². The summed E-state index contributed by atoms with van der Waals surface area (Å²) in [4.78, 5) is 57.6. The largest absolute Gasteiger partial charge is 0.422 e. The topological polar surface area (TPSA) is 180 Å². The van der Waals surface area contributed by atoms with Crippen LogP contribution in [0.25, 0.3) is 0 Å². The molecule has 1 aromatic rings. The Morgan fingerprint density at radius 3 is 1.68 bits per heavy atom. The van der Waals surface area contributed by atoms with Crippen LogP contribution in [-0.4, -0.2) is 108 Å². The normalized spacial score (nSPS) is 11.8. The van der Waals surface area contributed by atoms with Gasteiger partial charge in [0, 0.05) is 25.1 Å². The molecule has 4 amide bonds. The summed E-state index contributed by atoms with van der Waals surface area (Å²) in [6.07, 6.45) is 2.97. The molecule has 0 aliphatic rings. The number of rotatable bonds is 25. The molecule has 0 spiro atoms. The summed E-state index contributed by atoms with van der Waals surface area (Å²) < 4.78 is 76.3. The Morgan fingerprint density at radius 2 is 1.16 bits per heavy atom. The van der Waals surface area contributed by atoms with E-state index < -0.39 is 58.5 Å². The van der Waals surface area contributed by atoms with Crippen LogP contribution in [-0.2, 0) is 42.9 Å². The molecule has 286 valence electrons. The number of hydrogen-bond acceptors (Lipinski definition) is 10. The fraction of sp³-hybridized carbons (Fsp3) is 0.656. The van der Waals surface area contributed by atoms with Gasteiger partial charge in [0.1, 0.15) is 12.1 Å². The molecular formula is C32H50F4N4O10. The van der Waals surface area contributed by atoms with Gasteiger partial charge < -0.3 is 45.0 Å². The summed E-state index contributed by atoms with van der Waals surface area (Å²) in [5, 5.41) is 10.2. The van der Waals surface area contributed by atoms with Crippen LogP contribution in [0, 0.1) is 30.2 Å². The molecule has 1 aromatic carbocycles. The van der Waals surface area contributed by atoms with Gasteiger partial charge in [-0.1, -0.05) is 20.3 Å². The molecule has 0 saturated heterocycles. The van der Waals surface area contributed by atoms with E-state index in [9.17, 15) is 41.5 Å². The average Bonchev–Trinajstić information content (AvgIpc) is 3.09. The van der Waals surface area contributed by atoms with E-state index in [-0.39, 0.29) is 31.4 Å². The maximum absolute atomic E-state index is 13.0. The van der Waals surface area contributed by atoms with E-state index >= 15 is 0 Å². The number of carbonyl (C=O) groups excluding carboxylic acids is 5. The molecule has 4 N–H and O–H groups in total. The fourth-order valence-corrected chi connectivity index (χ4v) is 3.58. The maximum atomic E-state index is 13.0. The predicted molar refractivity (Wildman–Crippen MR) is 172 cm³/mol. The molecule has 50 heavy (non-hydrogen) atoms. The molecule has 0 radical (unpaired) electrons. The van der Waals surface area contributed by atoms with E-state index in [1.54, 1.807) is 13.8 Å². The summed E-state index contributed by atoms with van der Waals surface area (Å²) in [5.41, 5.74) is -0.749. The van der Waals surface area contributed by atoms with Gasteiger partial charge in [0.2, 0.25) is 35.2 Å². The molecule has 2 atom stereocenters. The van der Waals surface area contributed by atoms with Crippen molar-refractivity contribution in [2.75, 3.05) is 65.9 Å². The van der Waals surface area contributed by atoms with Gasteiger partial charge >= 0.3 is 0 Å². The highest BCUT2D eigenvalue weighted by molar-refractivity contribution is 5.92. The second-order valence-corrected chi connectivity index (χ2v) is 10.6. The van der Waals surface area contributed by atoms with Gasteiger partial charge in [-0.25, -0.2) is 13.2 Å². The monoisotopic (exact) mass is 726 g/mol. The number of carbonyl (C=O) groups is 5. The zero-order valence-electron chi connectivity index (χ0n) is 29.2. The van der Waals surface area contributed by atoms with E-state index in [1.165, 1.54) is 0 Å². The molecule has 1 rings (SSSR count). The van der Waals surface area contributed by atoms with Crippen LogP contribution in [0.1, 0.15) is 58.9 Å². The van der Waals surface area contributed by atoms with Gasteiger partial charge in [0.15, 0.2) is 17.5 Å². The molecule has 18 heteroatoms. The molecular weight excluding hydrogens is 676 g/mol. The SMILES string of the molecule is CCCCC(=O)NC(C)C(=O)NCC(=O)NC(C)C(=O)NCCOCCOCCOCCOCCC.Cc1c(F)c(F)c(F)c(OC=O)c1F. The van der Waals surface area contributed by atoms with Crippen LogP contribution in [0.2, 0.25) is 0 Å². The van der Waals surface area contributed by atoms with E-state index in [0.29, 0.717) is 52.7 Å². The molecule has 0 heterocycles. The second-order valence-electron chi connectivity index (χ2n) is 10.6. The zero-order chi connectivity index (χ0) is 37.9. The first-order valence-corrected chi connectivity index (χ1v) is 16.2. The molecule has 0 saturated carbocycles. The van der Waals surface area contributed by atoms with Crippen LogP contribution in [0.3, 0.4) is 0 Å². The first-order valence-electron chi connectivity index (χ1n) is 16.2. The first-order chi connectivity index (χ1) is 23.8. The summed E-state index contributed by atoms with van der Waals surface area (Å²) in [6, 6.07) is -1.53. The third-order valence-electron chi connectivity index (χ3n) is 6.34. The second kappa shape index (κ2) is 27.9. The van der Waals surface area contributed by atoms with E-state index in [4.69, 9.17) is 18.9 Å². The Kier molecular flexibility index (Phi) is 25.7. The van der Waals surface area contributed by atoms with Gasteiger partial charge in [0.05, 0.1) is 52.8 Å². The molecule has 0 fully saturated rings. The Balaban J connectivity index is 0.00000142. The molecule has 0 aliphatic carbocycles. The Morgan fingerprint density at radius 1 is 0.660 bits per heavy atom. The van der Waals surface area contributed by atoms with Crippen molar-refractivity contribution in [1.29, 1.82) is 0 Å². The van der Waals surface area contributed by atoms with Gasteiger partial charge in [-0.15, -0.1) is 0 Å². The van der Waals surface area contributed by atoms with Crippen molar-refractivity contribution in [2.45, 2.75) is 72.4 Å². The first kappa shape index (κ1) is 46.1. The molecule has 2 unspecified atom stereocenters. The lowest BCUT2D eigenvalue weighted by atomic mass is 10.2. The molecule has 0 bridgehead atoms. The van der Waals surface area contributed by atoms with Crippen molar-refractivity contribution >= 4 is 30.1 Å². The average molecular weight is 727 g/mol. The van der Waals surface area contributed by atoms with Crippen LogP contribution in [0.15, 0.2) is 0 Å². The lowest BCUT2D eigenvalue weighted by Gasteiger charge is -2.16. The van der Waals surface area contributed by atoms with Crippen molar-refractivity contribution < 1.29 is 65.2 Å². The number of unbranched alkanes of at least 4 members (excludes halogenated alkanes) is 1. The molecule has 0 aliphatic heterocycles. The minimum absolute atomic E-state index is 0.209. The summed E-state index contributed by atoms with van der Waals surface area (Å²) in [7, 11) is 0. The minimum Gasteiger partial charge on any atom is -0.422 e. The standard InChI is InChI=1S/C24H46N4O8.C8H4F4O2/c1-5-7-8-21(29)27-20(4)24(32)26-18-22(30)28-19(3)23(31)25-9-11-34-13-15-36-17-16-35-14-12-33-10-6-2;1-3-4(9)6(11)7(12)8(5(3)10)14-2-13/h19-20H,5-18H2,1-4H3,(H,25,31)(H,26,32)(H,27,29)(H,28,30);2H,1H3. The number of nitrogens with one attached hydrogen (secondary N) is 4. The third-order valence-corrected chi connectivity index (χ3v) is 6.34. The highest BCUT2D eigenvalue weighted by Gasteiger charge is 2.24. The number of amides is 4. The lowest BCUT2D eigenvalue weighted by molar-refractivity contribution is -0.131. The van der Waals surface area contributed by atoms with Crippen LogP contribution >= 0.6 is 0 Å². The number of halogens is 4. The summed E-state index contributed by atoms with van der Waals surface area (Å²) >= 11 is 0. The predicted octanol–water partition coefficient (Wildman–Crippen LogP) is 1.98. The van der Waals surface area contributed by atoms with Gasteiger partial charge in [-0.2, -0.15) is 4.39 Å². The summed E-state index contributed by atoms with van der Waals surface area (Å²) in [6.45, 7) is 11.7. The van der Waals surface area contributed by atoms with Crippen molar-refractivity contribution in [3.05, 3.63) is 28.8 Å². The number of hydrogen-bond donors (Lipinski definition) is 4. The quantitative estimate of drug-likeness (QED) is 0.0383. The fourth-order valence-electron chi connectivity index (χ4n) is 3.58. The highest BCUT2D eigenvalue weighted by Crippen LogP contribution is 2.29. The Hall–Kier alpha value is -3.87. The van der Waals surface area contributed by atoms with Crippen molar-refractivity contribution in [3.8, 4) is 5.75 Å². The minimum atomic E-state index is -1.87. The Bertz CT molecular complexity index is 1170. The van der Waals surface area contributed by atoms with Gasteiger partial charge in [-0.3, -0.25) is 24.0 Å². The van der Waals surface area contributed by atoms with Crippen molar-refractivity contribution in [1.82, 2.24) is 21.3 Å². The third kappa shape index (κ3) is 20.0. The number of benzene rings is 1. The van der Waals surface area contributed by atoms with Gasteiger partial charge in [-0.05, 0) is 33.6 Å². The highest BCUT2D eigenvalue weighted by atomic mass is 19.2. The van der Waals surface area contributed by atoms with Gasteiger partial charge in [0.25, 0.3) is 6.47 Å². The molecule has 0 aromatic heterocycles. The van der Waals surface area contributed by atoms with Crippen LogP contribution < -0.4 is 26.0 Å². The van der Waals surface area contributed by atoms with E-state index in [2.05, 4.69) is 32.9 Å². The van der Waals surface area contributed by atoms with Crippen LogP contribution in [0.4, 0.5) is 17.6 Å². The van der Waals surface area contributed by atoms with Crippen molar-refractivity contribution in [2.24, 2.45) is 0 Å². The summed E-state index contributed by atoms with van der Waals surface area (Å²) in [5.74, 6) is -9.62. The van der Waals surface area contributed by atoms with Crippen molar-refractivity contribution in [3.63, 3.8) is 0 Å². The zero-order valence-corrected chi connectivity index (χ0v) is 29.2. The maximum Gasteiger partial charge on any atom is 0.298 e.